The molecule has 0 fully saturated rings. The van der Waals surface area contributed by atoms with Crippen molar-refractivity contribution < 1.29 is 4.79 Å². The molecule has 0 unspecified atom stereocenters. The average Bonchev–Trinajstić information content (AvgIpc) is 3.27. The topological polar surface area (TPSA) is 95.6 Å². The van der Waals surface area contributed by atoms with Crippen LogP contribution < -0.4 is 10.6 Å². The number of aromatic nitrogens is 4. The third-order valence-electron chi connectivity index (χ3n) is 4.91. The van der Waals surface area contributed by atoms with Gasteiger partial charge in [-0.2, -0.15) is 0 Å². The molecule has 0 saturated carbocycles. The third-order valence-corrected chi connectivity index (χ3v) is 4.91. The highest BCUT2D eigenvalue weighted by Crippen LogP contribution is 2.21. The van der Waals surface area contributed by atoms with Crippen LogP contribution in [0.2, 0.25) is 0 Å². The van der Waals surface area contributed by atoms with Crippen molar-refractivity contribution in [2.24, 2.45) is 0 Å². The first kappa shape index (κ1) is 17.8. The zero-order valence-electron chi connectivity index (χ0n) is 16.0. The second kappa shape index (κ2) is 7.63. The molecular weight excluding hydrogens is 376 g/mol. The Balaban J connectivity index is 1.37. The molecule has 4 heterocycles. The Morgan fingerprint density at radius 3 is 2.80 bits per heavy atom. The Hall–Kier alpha value is -4.26. The monoisotopic (exact) mass is 394 g/mol. The van der Waals surface area contributed by atoms with Crippen LogP contribution in [0.1, 0.15) is 15.9 Å². The van der Waals surface area contributed by atoms with Crippen LogP contribution >= 0.6 is 0 Å². The SMILES string of the molecule is O=C(Nc1ccc2ncccc2c1)c1cccnc1NCc1ccnc2[nH]ccc12. The van der Waals surface area contributed by atoms with E-state index in [-0.39, 0.29) is 5.91 Å². The Morgan fingerprint density at radius 2 is 1.83 bits per heavy atom. The summed E-state index contributed by atoms with van der Waals surface area (Å²) in [6, 6.07) is 16.9. The van der Waals surface area contributed by atoms with Gasteiger partial charge in [0.2, 0.25) is 0 Å². The Labute approximate surface area is 172 Å². The number of anilines is 2. The summed E-state index contributed by atoms with van der Waals surface area (Å²) in [6.45, 7) is 0.524. The van der Waals surface area contributed by atoms with Crippen molar-refractivity contribution in [3.63, 3.8) is 0 Å². The van der Waals surface area contributed by atoms with Gasteiger partial charge in [0.15, 0.2) is 0 Å². The van der Waals surface area contributed by atoms with Crippen LogP contribution in [0.3, 0.4) is 0 Å². The maximum absolute atomic E-state index is 12.9. The quantitative estimate of drug-likeness (QED) is 0.411. The van der Waals surface area contributed by atoms with Crippen molar-refractivity contribution in [2.45, 2.75) is 6.54 Å². The highest BCUT2D eigenvalue weighted by molar-refractivity contribution is 6.08. The highest BCUT2D eigenvalue weighted by atomic mass is 16.1. The molecule has 0 saturated heterocycles. The van der Waals surface area contributed by atoms with E-state index in [9.17, 15) is 4.79 Å². The maximum atomic E-state index is 12.9. The van der Waals surface area contributed by atoms with E-state index in [4.69, 9.17) is 0 Å². The first-order valence-electron chi connectivity index (χ1n) is 9.54. The molecule has 1 aromatic carbocycles. The number of aromatic amines is 1. The number of nitrogens with zero attached hydrogens (tertiary/aromatic N) is 3. The third kappa shape index (κ3) is 3.44. The number of amides is 1. The van der Waals surface area contributed by atoms with Crippen LogP contribution in [0.5, 0.6) is 0 Å². The molecule has 0 aliphatic rings. The molecule has 4 aromatic heterocycles. The van der Waals surface area contributed by atoms with Crippen molar-refractivity contribution in [3.05, 3.63) is 90.5 Å². The summed E-state index contributed by atoms with van der Waals surface area (Å²) in [5.41, 5.74) is 3.97. The van der Waals surface area contributed by atoms with Gasteiger partial charge in [0.05, 0.1) is 11.1 Å². The fourth-order valence-electron chi connectivity index (χ4n) is 3.43. The van der Waals surface area contributed by atoms with Gasteiger partial charge in [0.25, 0.3) is 5.91 Å². The average molecular weight is 394 g/mol. The first-order valence-corrected chi connectivity index (χ1v) is 9.54. The lowest BCUT2D eigenvalue weighted by atomic mass is 10.1. The van der Waals surface area contributed by atoms with Gasteiger partial charge in [0.1, 0.15) is 11.5 Å². The number of carbonyl (C=O) groups excluding carboxylic acids is 1. The molecule has 0 aliphatic heterocycles. The van der Waals surface area contributed by atoms with Crippen molar-refractivity contribution in [2.75, 3.05) is 10.6 Å². The molecule has 5 aromatic rings. The lowest BCUT2D eigenvalue weighted by molar-refractivity contribution is 0.102. The minimum Gasteiger partial charge on any atom is -0.365 e. The van der Waals surface area contributed by atoms with Gasteiger partial charge in [0, 0.05) is 47.8 Å². The van der Waals surface area contributed by atoms with Crippen LogP contribution in [0.15, 0.2) is 79.4 Å². The van der Waals surface area contributed by atoms with E-state index in [0.717, 1.165) is 27.5 Å². The molecule has 0 radical (unpaired) electrons. The second-order valence-electron chi connectivity index (χ2n) is 6.83. The van der Waals surface area contributed by atoms with Crippen LogP contribution in [-0.4, -0.2) is 25.8 Å². The van der Waals surface area contributed by atoms with Crippen molar-refractivity contribution in [1.29, 1.82) is 0 Å². The molecule has 30 heavy (non-hydrogen) atoms. The number of carbonyl (C=O) groups is 1. The van der Waals surface area contributed by atoms with E-state index in [1.807, 2.05) is 48.7 Å². The standard InChI is InChI=1S/C23H18N6O/c30-23(29-17-5-6-20-15(13-17)3-1-9-24-20)19-4-2-10-25-22(19)28-14-16-7-11-26-21-18(16)8-12-27-21/h1-13H,14H2,(H,25,28)(H,26,27)(H,29,30). The Bertz CT molecular complexity index is 1360. The molecule has 0 bridgehead atoms. The number of rotatable bonds is 5. The van der Waals surface area contributed by atoms with Crippen molar-refractivity contribution in [1.82, 2.24) is 19.9 Å². The molecule has 3 N–H and O–H groups in total. The van der Waals surface area contributed by atoms with E-state index in [2.05, 4.69) is 30.6 Å². The predicted molar refractivity (Wildman–Crippen MR) is 117 cm³/mol. The van der Waals surface area contributed by atoms with E-state index < -0.39 is 0 Å². The number of fused-ring (bicyclic) bond motifs is 2. The second-order valence-corrected chi connectivity index (χ2v) is 6.83. The van der Waals surface area contributed by atoms with E-state index >= 15 is 0 Å². The van der Waals surface area contributed by atoms with Gasteiger partial charge in [-0.05, 0) is 54.1 Å². The highest BCUT2D eigenvalue weighted by Gasteiger charge is 2.13. The van der Waals surface area contributed by atoms with E-state index in [1.54, 1.807) is 30.7 Å². The Kier molecular flexibility index (Phi) is 4.53. The van der Waals surface area contributed by atoms with Gasteiger partial charge >= 0.3 is 0 Å². The molecule has 5 rings (SSSR count). The number of nitrogens with one attached hydrogen (secondary N) is 3. The zero-order chi connectivity index (χ0) is 20.3. The summed E-state index contributed by atoms with van der Waals surface area (Å²) < 4.78 is 0. The van der Waals surface area contributed by atoms with Crippen molar-refractivity contribution >= 4 is 39.3 Å². The molecule has 7 heteroatoms. The van der Waals surface area contributed by atoms with Crippen LogP contribution in [0.4, 0.5) is 11.5 Å². The van der Waals surface area contributed by atoms with E-state index in [1.165, 1.54) is 0 Å². The largest absolute Gasteiger partial charge is 0.365 e. The summed E-state index contributed by atoms with van der Waals surface area (Å²) in [4.78, 5) is 29.0. The lowest BCUT2D eigenvalue weighted by Crippen LogP contribution is -2.15. The predicted octanol–water partition coefficient (Wildman–Crippen LogP) is 4.37. The first-order chi connectivity index (χ1) is 14.8. The number of hydrogen-bond acceptors (Lipinski definition) is 5. The molecule has 1 amide bonds. The van der Waals surface area contributed by atoms with Gasteiger partial charge in [-0.15, -0.1) is 0 Å². The number of pyridine rings is 3. The van der Waals surface area contributed by atoms with Gasteiger partial charge in [-0.3, -0.25) is 9.78 Å². The maximum Gasteiger partial charge on any atom is 0.259 e. The fourth-order valence-corrected chi connectivity index (χ4v) is 3.43. The summed E-state index contributed by atoms with van der Waals surface area (Å²) in [5, 5.41) is 8.24. The van der Waals surface area contributed by atoms with Crippen LogP contribution in [-0.2, 0) is 6.54 Å². The zero-order valence-corrected chi connectivity index (χ0v) is 16.0. The fraction of sp³-hybridized carbons (Fsp3) is 0.0435. The van der Waals surface area contributed by atoms with Gasteiger partial charge < -0.3 is 15.6 Å². The molecule has 146 valence electrons. The molecular formula is C23H18N6O. The van der Waals surface area contributed by atoms with E-state index in [0.29, 0.717) is 23.6 Å². The lowest BCUT2D eigenvalue weighted by Gasteiger charge is -2.12. The van der Waals surface area contributed by atoms with Crippen LogP contribution in [0, 0.1) is 0 Å². The smallest absolute Gasteiger partial charge is 0.259 e. The van der Waals surface area contributed by atoms with Gasteiger partial charge in [-0.25, -0.2) is 9.97 Å². The van der Waals surface area contributed by atoms with Gasteiger partial charge in [-0.1, -0.05) is 6.07 Å². The summed E-state index contributed by atoms with van der Waals surface area (Å²) in [7, 11) is 0. The molecule has 0 aliphatic carbocycles. The number of benzene rings is 1. The number of H-pyrrole nitrogens is 1. The minimum absolute atomic E-state index is 0.227. The molecule has 0 spiro atoms. The summed E-state index contributed by atoms with van der Waals surface area (Å²) >= 11 is 0. The molecule has 0 atom stereocenters. The number of hydrogen-bond donors (Lipinski definition) is 3. The summed E-state index contributed by atoms with van der Waals surface area (Å²) in [6.07, 6.45) is 7.04. The van der Waals surface area contributed by atoms with Crippen molar-refractivity contribution in [3.8, 4) is 0 Å². The summed E-state index contributed by atoms with van der Waals surface area (Å²) in [5.74, 6) is 0.299. The normalized spacial score (nSPS) is 10.9. The minimum atomic E-state index is -0.227. The molecule has 7 nitrogen and oxygen atoms in total. The van der Waals surface area contributed by atoms with Crippen LogP contribution in [0.25, 0.3) is 21.9 Å². The Morgan fingerprint density at radius 1 is 0.933 bits per heavy atom.